The standard InChI is InChI=1S/C10H16F3N5O2/c1-7(4-20-5-10(11,12)13)17-9(19)14-3-8-15-6-16-18(8)2/h6-7H,3-5H2,1-2H3,(H2,14,17,19). The second-order valence-electron chi connectivity index (χ2n) is 4.16. The van der Waals surface area contributed by atoms with Gasteiger partial charge in [-0.3, -0.25) is 4.68 Å². The molecule has 7 nitrogen and oxygen atoms in total. The summed E-state index contributed by atoms with van der Waals surface area (Å²) in [5.41, 5.74) is 0. The van der Waals surface area contributed by atoms with Crippen molar-refractivity contribution < 1.29 is 22.7 Å². The van der Waals surface area contributed by atoms with Crippen molar-refractivity contribution >= 4 is 6.03 Å². The minimum absolute atomic E-state index is 0.165. The largest absolute Gasteiger partial charge is 0.411 e. The number of rotatable bonds is 6. The molecule has 20 heavy (non-hydrogen) atoms. The zero-order valence-electron chi connectivity index (χ0n) is 11.1. The van der Waals surface area contributed by atoms with Crippen LogP contribution in [0.4, 0.5) is 18.0 Å². The molecule has 0 spiro atoms. The van der Waals surface area contributed by atoms with Crippen LogP contribution in [0.1, 0.15) is 12.7 Å². The number of hydrogen-bond donors (Lipinski definition) is 2. The third kappa shape index (κ3) is 6.36. The Hall–Kier alpha value is -1.84. The molecule has 0 radical (unpaired) electrons. The number of nitrogens with one attached hydrogen (secondary N) is 2. The molecular weight excluding hydrogens is 279 g/mol. The normalized spacial score (nSPS) is 13.1. The molecule has 2 N–H and O–H groups in total. The topological polar surface area (TPSA) is 81.1 Å². The average Bonchev–Trinajstić information content (AvgIpc) is 2.70. The number of hydrogen-bond acceptors (Lipinski definition) is 4. The molecule has 1 unspecified atom stereocenters. The number of aryl methyl sites for hydroxylation is 1. The molecule has 1 aromatic rings. The second-order valence-corrected chi connectivity index (χ2v) is 4.16. The molecule has 0 aliphatic carbocycles. The van der Waals surface area contributed by atoms with E-state index in [1.807, 2.05) is 0 Å². The van der Waals surface area contributed by atoms with E-state index in [1.165, 1.54) is 17.9 Å². The Labute approximate surface area is 113 Å². The van der Waals surface area contributed by atoms with E-state index in [0.717, 1.165) is 0 Å². The zero-order chi connectivity index (χ0) is 15.2. The molecule has 0 saturated carbocycles. The van der Waals surface area contributed by atoms with Crippen LogP contribution in [0.25, 0.3) is 0 Å². The lowest BCUT2D eigenvalue weighted by atomic mass is 10.4. The third-order valence-corrected chi connectivity index (χ3v) is 2.22. The van der Waals surface area contributed by atoms with Gasteiger partial charge in [0, 0.05) is 7.05 Å². The molecule has 10 heteroatoms. The second kappa shape index (κ2) is 7.08. The van der Waals surface area contributed by atoms with Crippen molar-refractivity contribution in [1.29, 1.82) is 0 Å². The van der Waals surface area contributed by atoms with Crippen LogP contribution in [-0.2, 0) is 18.3 Å². The van der Waals surface area contributed by atoms with Crippen LogP contribution in [0.2, 0.25) is 0 Å². The summed E-state index contributed by atoms with van der Waals surface area (Å²) in [7, 11) is 1.68. The molecule has 0 aliphatic rings. The Morgan fingerprint density at radius 3 is 2.80 bits per heavy atom. The average molecular weight is 295 g/mol. The smallest absolute Gasteiger partial charge is 0.370 e. The first-order valence-electron chi connectivity index (χ1n) is 5.79. The number of alkyl halides is 3. The number of carbonyl (C=O) groups is 1. The molecule has 114 valence electrons. The van der Waals surface area contributed by atoms with Crippen molar-refractivity contribution in [2.45, 2.75) is 25.7 Å². The molecule has 1 heterocycles. The fourth-order valence-electron chi connectivity index (χ4n) is 1.31. The summed E-state index contributed by atoms with van der Waals surface area (Å²) in [6, 6.07) is -1.06. The van der Waals surface area contributed by atoms with E-state index < -0.39 is 24.9 Å². The number of aromatic nitrogens is 3. The van der Waals surface area contributed by atoms with Crippen molar-refractivity contribution in [3.63, 3.8) is 0 Å². The summed E-state index contributed by atoms with van der Waals surface area (Å²) in [5, 5.41) is 8.79. The summed E-state index contributed by atoms with van der Waals surface area (Å²) in [4.78, 5) is 15.4. The minimum atomic E-state index is -4.37. The van der Waals surface area contributed by atoms with Gasteiger partial charge < -0.3 is 15.4 Å². The van der Waals surface area contributed by atoms with E-state index in [1.54, 1.807) is 7.05 Å². The van der Waals surface area contributed by atoms with Gasteiger partial charge in [0.2, 0.25) is 0 Å². The highest BCUT2D eigenvalue weighted by atomic mass is 19.4. The molecule has 1 atom stereocenters. The predicted octanol–water partition coefficient (Wildman–Crippen LogP) is 0.582. The molecule has 0 fully saturated rings. The maximum absolute atomic E-state index is 11.8. The Balaban J connectivity index is 2.20. The number of nitrogens with zero attached hydrogens (tertiary/aromatic N) is 3. The maximum atomic E-state index is 11.8. The monoisotopic (exact) mass is 295 g/mol. The van der Waals surface area contributed by atoms with Gasteiger partial charge in [-0.25, -0.2) is 9.78 Å². The maximum Gasteiger partial charge on any atom is 0.411 e. The zero-order valence-corrected chi connectivity index (χ0v) is 11.1. The van der Waals surface area contributed by atoms with Crippen LogP contribution in [0.3, 0.4) is 0 Å². The molecule has 0 saturated heterocycles. The lowest BCUT2D eigenvalue weighted by molar-refractivity contribution is -0.174. The van der Waals surface area contributed by atoms with Gasteiger partial charge in [-0.05, 0) is 6.92 Å². The summed E-state index contributed by atoms with van der Waals surface area (Å²) < 4.78 is 41.5. The fraction of sp³-hybridized carbons (Fsp3) is 0.700. The van der Waals surface area contributed by atoms with E-state index in [0.29, 0.717) is 5.82 Å². The first-order valence-corrected chi connectivity index (χ1v) is 5.79. The van der Waals surface area contributed by atoms with Gasteiger partial charge in [-0.1, -0.05) is 0 Å². The number of ether oxygens (including phenoxy) is 1. The van der Waals surface area contributed by atoms with E-state index in [-0.39, 0.29) is 13.2 Å². The van der Waals surface area contributed by atoms with Crippen molar-refractivity contribution in [2.24, 2.45) is 7.05 Å². The fourth-order valence-corrected chi connectivity index (χ4v) is 1.31. The Morgan fingerprint density at radius 2 is 2.25 bits per heavy atom. The summed E-state index contributed by atoms with van der Waals surface area (Å²) in [5.74, 6) is 0.557. The SMILES string of the molecule is CC(COCC(F)(F)F)NC(=O)NCc1ncnn1C. The Bertz CT molecular complexity index is 435. The number of halogens is 3. The number of amides is 2. The first kappa shape index (κ1) is 16.2. The van der Waals surface area contributed by atoms with E-state index in [2.05, 4.69) is 25.5 Å². The van der Waals surface area contributed by atoms with Gasteiger partial charge in [0.25, 0.3) is 0 Å². The lowest BCUT2D eigenvalue weighted by Crippen LogP contribution is -2.43. The first-order chi connectivity index (χ1) is 9.28. The van der Waals surface area contributed by atoms with Crippen LogP contribution >= 0.6 is 0 Å². The third-order valence-electron chi connectivity index (χ3n) is 2.22. The van der Waals surface area contributed by atoms with E-state index in [9.17, 15) is 18.0 Å². The molecular formula is C10H16F3N5O2. The highest BCUT2D eigenvalue weighted by Crippen LogP contribution is 2.14. The molecule has 1 rings (SSSR count). The van der Waals surface area contributed by atoms with Crippen molar-refractivity contribution in [3.8, 4) is 0 Å². The lowest BCUT2D eigenvalue weighted by Gasteiger charge is -2.15. The van der Waals surface area contributed by atoms with Crippen LogP contribution in [-0.4, -0.2) is 46.2 Å². The number of urea groups is 1. The van der Waals surface area contributed by atoms with E-state index in [4.69, 9.17) is 0 Å². The molecule has 0 aromatic carbocycles. The highest BCUT2D eigenvalue weighted by molar-refractivity contribution is 5.74. The summed E-state index contributed by atoms with van der Waals surface area (Å²) >= 11 is 0. The molecule has 0 bridgehead atoms. The molecule has 1 aromatic heterocycles. The molecule has 0 aliphatic heterocycles. The molecule has 2 amide bonds. The summed E-state index contributed by atoms with van der Waals surface area (Å²) in [6.45, 7) is 0.146. The van der Waals surface area contributed by atoms with Gasteiger partial charge in [0.05, 0.1) is 19.2 Å². The van der Waals surface area contributed by atoms with Gasteiger partial charge in [0.1, 0.15) is 18.8 Å². The van der Waals surface area contributed by atoms with E-state index >= 15 is 0 Å². The van der Waals surface area contributed by atoms with Gasteiger partial charge in [0.15, 0.2) is 0 Å². The van der Waals surface area contributed by atoms with Gasteiger partial charge in [-0.15, -0.1) is 0 Å². The quantitative estimate of drug-likeness (QED) is 0.804. The Kier molecular flexibility index (Phi) is 5.74. The van der Waals surface area contributed by atoms with Crippen LogP contribution in [0, 0.1) is 0 Å². The van der Waals surface area contributed by atoms with Gasteiger partial charge in [-0.2, -0.15) is 18.3 Å². The van der Waals surface area contributed by atoms with Crippen LogP contribution < -0.4 is 10.6 Å². The number of carbonyl (C=O) groups excluding carboxylic acids is 1. The van der Waals surface area contributed by atoms with Crippen LogP contribution in [0.15, 0.2) is 6.33 Å². The predicted molar refractivity (Wildman–Crippen MR) is 62.7 cm³/mol. The summed E-state index contributed by atoms with van der Waals surface area (Å²) in [6.07, 6.45) is -3.02. The minimum Gasteiger partial charge on any atom is -0.370 e. The highest BCUT2D eigenvalue weighted by Gasteiger charge is 2.27. The van der Waals surface area contributed by atoms with Crippen molar-refractivity contribution in [2.75, 3.05) is 13.2 Å². The Morgan fingerprint density at radius 1 is 1.55 bits per heavy atom. The van der Waals surface area contributed by atoms with Crippen molar-refractivity contribution in [1.82, 2.24) is 25.4 Å². The van der Waals surface area contributed by atoms with Crippen molar-refractivity contribution in [3.05, 3.63) is 12.2 Å². The van der Waals surface area contributed by atoms with Crippen LogP contribution in [0.5, 0.6) is 0 Å². The van der Waals surface area contributed by atoms with Gasteiger partial charge >= 0.3 is 12.2 Å².